The molecule has 19 heavy (non-hydrogen) atoms. The fraction of sp³-hybridized carbons (Fsp3) is 0.333. The van der Waals surface area contributed by atoms with Crippen molar-refractivity contribution in [1.82, 2.24) is 10.2 Å². The number of nitrogens with zero attached hydrogens (tertiary/aromatic N) is 1. The lowest BCUT2D eigenvalue weighted by Gasteiger charge is -2.17. The largest absolute Gasteiger partial charge is 0.465 e. The molecule has 2 amide bonds. The van der Waals surface area contributed by atoms with Gasteiger partial charge in [0.1, 0.15) is 0 Å². The van der Waals surface area contributed by atoms with E-state index in [1.54, 1.807) is 13.1 Å². The van der Waals surface area contributed by atoms with Gasteiger partial charge in [-0.25, -0.2) is 4.79 Å². The lowest BCUT2D eigenvalue weighted by atomic mass is 10.2. The topological polar surface area (TPSA) is 69.6 Å². The van der Waals surface area contributed by atoms with E-state index in [1.165, 1.54) is 4.90 Å². The highest BCUT2D eigenvalue weighted by molar-refractivity contribution is 9.10. The number of nitrogens with one attached hydrogen (secondary N) is 1. The molecule has 1 rings (SSSR count). The van der Waals surface area contributed by atoms with Gasteiger partial charge in [0, 0.05) is 31.0 Å². The highest BCUT2D eigenvalue weighted by Gasteiger charge is 2.10. The van der Waals surface area contributed by atoms with Crippen molar-refractivity contribution < 1.29 is 14.7 Å². The van der Waals surface area contributed by atoms with E-state index in [1.807, 2.05) is 12.1 Å². The van der Waals surface area contributed by atoms with Gasteiger partial charge in [0.25, 0.3) is 0 Å². The third kappa shape index (κ3) is 5.48. The van der Waals surface area contributed by atoms with Gasteiger partial charge in [0.05, 0.1) is 5.02 Å². The van der Waals surface area contributed by atoms with Crippen molar-refractivity contribution in [2.45, 2.75) is 13.0 Å². The van der Waals surface area contributed by atoms with Crippen molar-refractivity contribution in [3.05, 3.63) is 33.3 Å². The number of carbonyl (C=O) groups excluding carboxylic acids is 1. The van der Waals surface area contributed by atoms with Crippen LogP contribution in [0.5, 0.6) is 0 Å². The molecule has 0 atom stereocenters. The van der Waals surface area contributed by atoms with Crippen LogP contribution in [0.15, 0.2) is 22.7 Å². The quantitative estimate of drug-likeness (QED) is 0.859. The van der Waals surface area contributed by atoms with Crippen LogP contribution in [0.1, 0.15) is 12.0 Å². The Bertz CT molecular complexity index is 482. The molecule has 1 aromatic carbocycles. The molecule has 0 aliphatic carbocycles. The summed E-state index contributed by atoms with van der Waals surface area (Å²) in [6.07, 6.45) is -0.997. The second-order valence-corrected chi connectivity index (χ2v) is 5.24. The van der Waals surface area contributed by atoms with Crippen LogP contribution >= 0.6 is 27.5 Å². The number of carbonyl (C=O) groups is 2. The Hall–Kier alpha value is -1.27. The Labute approximate surface area is 124 Å². The Balaban J connectivity index is 2.49. The first-order valence-corrected chi connectivity index (χ1v) is 6.72. The number of carboxylic acid groups (broad SMARTS) is 1. The van der Waals surface area contributed by atoms with E-state index in [4.69, 9.17) is 16.7 Å². The monoisotopic (exact) mass is 348 g/mol. The molecule has 7 heteroatoms. The predicted octanol–water partition coefficient (Wildman–Crippen LogP) is 2.72. The number of halogens is 2. The molecule has 0 unspecified atom stereocenters. The Kier molecular flexibility index (Phi) is 6.11. The lowest BCUT2D eigenvalue weighted by Crippen LogP contribution is -2.31. The van der Waals surface area contributed by atoms with Crippen molar-refractivity contribution in [2.75, 3.05) is 13.6 Å². The maximum atomic E-state index is 11.7. The molecule has 0 fully saturated rings. The number of rotatable bonds is 5. The minimum absolute atomic E-state index is 0.111. The van der Waals surface area contributed by atoms with Crippen LogP contribution in [0.3, 0.4) is 0 Å². The van der Waals surface area contributed by atoms with Crippen molar-refractivity contribution >= 4 is 39.5 Å². The Morgan fingerprint density at radius 1 is 1.47 bits per heavy atom. The van der Waals surface area contributed by atoms with E-state index in [2.05, 4.69) is 21.2 Å². The fourth-order valence-electron chi connectivity index (χ4n) is 1.47. The first-order valence-electron chi connectivity index (χ1n) is 5.55. The van der Waals surface area contributed by atoms with Crippen LogP contribution in [-0.2, 0) is 11.3 Å². The van der Waals surface area contributed by atoms with Gasteiger partial charge in [0.15, 0.2) is 0 Å². The maximum Gasteiger partial charge on any atom is 0.404 e. The summed E-state index contributed by atoms with van der Waals surface area (Å²) in [5.41, 5.74) is 0.912. The van der Waals surface area contributed by atoms with Gasteiger partial charge in [-0.05, 0) is 33.6 Å². The second-order valence-electron chi connectivity index (χ2n) is 3.98. The van der Waals surface area contributed by atoms with Crippen LogP contribution in [-0.4, -0.2) is 35.6 Å². The smallest absolute Gasteiger partial charge is 0.404 e. The van der Waals surface area contributed by atoms with E-state index in [0.717, 1.165) is 10.0 Å². The van der Waals surface area contributed by atoms with Gasteiger partial charge in [0.2, 0.25) is 5.91 Å². The molecule has 0 aliphatic rings. The predicted molar refractivity (Wildman–Crippen MR) is 76.3 cm³/mol. The summed E-state index contributed by atoms with van der Waals surface area (Å²) in [5.74, 6) is -0.132. The average Bonchev–Trinajstić information content (AvgIpc) is 2.33. The Morgan fingerprint density at radius 3 is 2.74 bits per heavy atom. The molecule has 0 heterocycles. The van der Waals surface area contributed by atoms with Crippen LogP contribution in [0.4, 0.5) is 4.79 Å². The standard InChI is InChI=1S/C12H14BrClN2O3/c1-16(11(17)4-5-15-12(18)19)7-8-2-3-9(13)10(14)6-8/h2-3,6,15H,4-5,7H2,1H3,(H,18,19). The van der Waals surface area contributed by atoms with Crippen molar-refractivity contribution in [3.8, 4) is 0 Å². The van der Waals surface area contributed by atoms with E-state index in [-0.39, 0.29) is 18.9 Å². The van der Waals surface area contributed by atoms with Gasteiger partial charge in [-0.2, -0.15) is 0 Å². The molecule has 0 aromatic heterocycles. The molecule has 0 saturated carbocycles. The first-order chi connectivity index (χ1) is 8.90. The highest BCUT2D eigenvalue weighted by atomic mass is 79.9. The van der Waals surface area contributed by atoms with Crippen molar-refractivity contribution in [1.29, 1.82) is 0 Å². The van der Waals surface area contributed by atoms with Gasteiger partial charge < -0.3 is 15.3 Å². The number of hydrogen-bond donors (Lipinski definition) is 2. The summed E-state index contributed by atoms with van der Waals surface area (Å²) in [4.78, 5) is 23.5. The van der Waals surface area contributed by atoms with Gasteiger partial charge in [-0.1, -0.05) is 17.7 Å². The van der Waals surface area contributed by atoms with Crippen LogP contribution in [0, 0.1) is 0 Å². The summed E-state index contributed by atoms with van der Waals surface area (Å²) < 4.78 is 0.803. The molecule has 0 bridgehead atoms. The maximum absolute atomic E-state index is 11.7. The van der Waals surface area contributed by atoms with Crippen LogP contribution in [0.25, 0.3) is 0 Å². The van der Waals surface area contributed by atoms with E-state index < -0.39 is 6.09 Å². The molecule has 2 N–H and O–H groups in total. The molecule has 0 saturated heterocycles. The molecular weight excluding hydrogens is 336 g/mol. The lowest BCUT2D eigenvalue weighted by molar-refractivity contribution is -0.130. The summed E-state index contributed by atoms with van der Waals surface area (Å²) >= 11 is 9.27. The van der Waals surface area contributed by atoms with Gasteiger partial charge >= 0.3 is 6.09 Å². The normalized spacial score (nSPS) is 10.1. The molecule has 0 radical (unpaired) electrons. The summed E-state index contributed by atoms with van der Waals surface area (Å²) in [5, 5.41) is 11.1. The number of benzene rings is 1. The second kappa shape index (κ2) is 7.35. The highest BCUT2D eigenvalue weighted by Crippen LogP contribution is 2.23. The van der Waals surface area contributed by atoms with Crippen molar-refractivity contribution in [2.24, 2.45) is 0 Å². The zero-order chi connectivity index (χ0) is 14.4. The molecule has 104 valence electrons. The van der Waals surface area contributed by atoms with E-state index >= 15 is 0 Å². The molecule has 5 nitrogen and oxygen atoms in total. The molecule has 0 aliphatic heterocycles. The van der Waals surface area contributed by atoms with Gasteiger partial charge in [-0.15, -0.1) is 0 Å². The minimum atomic E-state index is -1.13. The minimum Gasteiger partial charge on any atom is -0.465 e. The summed E-state index contributed by atoms with van der Waals surface area (Å²) in [6, 6.07) is 5.47. The van der Waals surface area contributed by atoms with Crippen LogP contribution < -0.4 is 5.32 Å². The third-order valence-electron chi connectivity index (χ3n) is 2.44. The van der Waals surface area contributed by atoms with Crippen LogP contribution in [0.2, 0.25) is 5.02 Å². The Morgan fingerprint density at radius 2 is 2.16 bits per heavy atom. The zero-order valence-electron chi connectivity index (χ0n) is 10.3. The molecule has 1 aromatic rings. The van der Waals surface area contributed by atoms with E-state index in [0.29, 0.717) is 11.6 Å². The summed E-state index contributed by atoms with van der Waals surface area (Å²) in [7, 11) is 1.67. The van der Waals surface area contributed by atoms with Gasteiger partial charge in [-0.3, -0.25) is 4.79 Å². The van der Waals surface area contributed by atoms with Crippen molar-refractivity contribution in [3.63, 3.8) is 0 Å². The fourth-order valence-corrected chi connectivity index (χ4v) is 1.92. The zero-order valence-corrected chi connectivity index (χ0v) is 12.7. The van der Waals surface area contributed by atoms with E-state index in [9.17, 15) is 9.59 Å². The average molecular weight is 350 g/mol. The number of amides is 2. The molecule has 0 spiro atoms. The third-order valence-corrected chi connectivity index (χ3v) is 3.68. The number of hydrogen-bond acceptors (Lipinski definition) is 2. The first kappa shape index (κ1) is 15.8. The molecular formula is C12H14BrClN2O3. The summed E-state index contributed by atoms with van der Waals surface area (Å²) in [6.45, 7) is 0.540. The SMILES string of the molecule is CN(Cc1ccc(Br)c(Cl)c1)C(=O)CCNC(=O)O.